The van der Waals surface area contributed by atoms with E-state index in [4.69, 9.17) is 0 Å². The molecule has 0 spiro atoms. The molecule has 0 radical (unpaired) electrons. The van der Waals surface area contributed by atoms with E-state index in [9.17, 15) is 8.78 Å². The summed E-state index contributed by atoms with van der Waals surface area (Å²) in [4.78, 5) is 6.71. The van der Waals surface area contributed by atoms with Gasteiger partial charge in [-0.25, -0.2) is 13.8 Å². The molecule has 2 heterocycles. The third-order valence-electron chi connectivity index (χ3n) is 4.46. The Labute approximate surface area is 156 Å². The minimum atomic E-state index is -0.803. The van der Waals surface area contributed by atoms with E-state index in [2.05, 4.69) is 37.4 Å². The van der Waals surface area contributed by atoms with Crippen LogP contribution in [0.4, 0.5) is 14.5 Å². The zero-order valence-electron chi connectivity index (χ0n) is 14.8. The molecule has 1 atom stereocenters. The van der Waals surface area contributed by atoms with Crippen molar-refractivity contribution in [3.05, 3.63) is 52.2 Å². The smallest absolute Gasteiger partial charge is 0.191 e. The van der Waals surface area contributed by atoms with Crippen LogP contribution in [0.5, 0.6) is 0 Å². The first-order valence-electron chi connectivity index (χ1n) is 8.89. The first kappa shape index (κ1) is 18.6. The summed E-state index contributed by atoms with van der Waals surface area (Å²) >= 11 is 1.67. The maximum absolute atomic E-state index is 13.4. The van der Waals surface area contributed by atoms with Gasteiger partial charge in [-0.3, -0.25) is 0 Å². The molecule has 140 valence electrons. The molecule has 0 saturated carbocycles. The largest absolute Gasteiger partial charge is 0.371 e. The molecule has 1 saturated heterocycles. The van der Waals surface area contributed by atoms with Crippen LogP contribution in [0.2, 0.25) is 0 Å². The van der Waals surface area contributed by atoms with Crippen LogP contribution >= 0.6 is 11.3 Å². The number of anilines is 1. The summed E-state index contributed by atoms with van der Waals surface area (Å²) in [7, 11) is 0. The standard InChI is InChI=1S/C19H24F2N4S/c1-2-22-19(24-11-15-6-8-26-13-15)23-10-14-5-7-25(12-14)16-3-4-17(20)18(21)9-16/h3-4,6,8-9,13-14H,2,5,7,10-12H2,1H3,(H2,22,23,24). The predicted molar refractivity (Wildman–Crippen MR) is 104 cm³/mol. The van der Waals surface area contributed by atoms with E-state index in [0.29, 0.717) is 12.5 Å². The fourth-order valence-corrected chi connectivity index (χ4v) is 3.71. The molecule has 4 nitrogen and oxygen atoms in total. The van der Waals surface area contributed by atoms with E-state index in [-0.39, 0.29) is 0 Å². The zero-order valence-corrected chi connectivity index (χ0v) is 15.7. The lowest BCUT2D eigenvalue weighted by molar-refractivity contribution is 0.508. The van der Waals surface area contributed by atoms with E-state index in [0.717, 1.165) is 44.2 Å². The fourth-order valence-electron chi connectivity index (χ4n) is 3.05. The number of halogens is 2. The van der Waals surface area contributed by atoms with Gasteiger partial charge >= 0.3 is 0 Å². The molecule has 1 aromatic carbocycles. The molecule has 26 heavy (non-hydrogen) atoms. The van der Waals surface area contributed by atoms with E-state index in [1.165, 1.54) is 17.7 Å². The Morgan fingerprint density at radius 3 is 2.88 bits per heavy atom. The number of thiophene rings is 1. The lowest BCUT2D eigenvalue weighted by Crippen LogP contribution is -2.40. The van der Waals surface area contributed by atoms with Gasteiger partial charge < -0.3 is 15.5 Å². The number of hydrogen-bond acceptors (Lipinski definition) is 3. The molecule has 1 aliphatic heterocycles. The quantitative estimate of drug-likeness (QED) is 0.596. The van der Waals surface area contributed by atoms with Crippen molar-refractivity contribution < 1.29 is 8.78 Å². The number of nitrogens with one attached hydrogen (secondary N) is 2. The average molecular weight is 378 g/mol. The van der Waals surface area contributed by atoms with Crippen molar-refractivity contribution in [2.45, 2.75) is 19.9 Å². The second kappa shape index (κ2) is 8.98. The van der Waals surface area contributed by atoms with Crippen LogP contribution in [-0.4, -0.2) is 32.1 Å². The molecule has 7 heteroatoms. The van der Waals surface area contributed by atoms with Crippen LogP contribution in [0.3, 0.4) is 0 Å². The monoisotopic (exact) mass is 378 g/mol. The highest BCUT2D eigenvalue weighted by Crippen LogP contribution is 2.25. The van der Waals surface area contributed by atoms with E-state index >= 15 is 0 Å². The molecule has 2 aromatic rings. The highest BCUT2D eigenvalue weighted by Gasteiger charge is 2.23. The number of aliphatic imine (C=N–C) groups is 1. The number of benzene rings is 1. The summed E-state index contributed by atoms with van der Waals surface area (Å²) in [6, 6.07) is 6.18. The topological polar surface area (TPSA) is 39.7 Å². The average Bonchev–Trinajstić information content (AvgIpc) is 3.31. The zero-order chi connectivity index (χ0) is 18.4. The fraction of sp³-hybridized carbons (Fsp3) is 0.421. The van der Waals surface area contributed by atoms with Crippen LogP contribution in [0, 0.1) is 17.6 Å². The van der Waals surface area contributed by atoms with E-state index in [1.807, 2.05) is 6.92 Å². The van der Waals surface area contributed by atoms with Gasteiger partial charge in [-0.05, 0) is 53.8 Å². The lowest BCUT2D eigenvalue weighted by Gasteiger charge is -2.19. The first-order valence-corrected chi connectivity index (χ1v) is 9.83. The lowest BCUT2D eigenvalue weighted by atomic mass is 10.1. The number of guanidine groups is 1. The Hall–Kier alpha value is -2.15. The third kappa shape index (κ3) is 4.94. The number of rotatable bonds is 6. The van der Waals surface area contributed by atoms with Gasteiger partial charge in [0.2, 0.25) is 0 Å². The normalized spacial score (nSPS) is 17.6. The predicted octanol–water partition coefficient (Wildman–Crippen LogP) is 3.61. The minimum Gasteiger partial charge on any atom is -0.371 e. The molecule has 3 rings (SSSR count). The van der Waals surface area contributed by atoms with Gasteiger partial charge in [0.1, 0.15) is 0 Å². The van der Waals surface area contributed by atoms with Crippen LogP contribution in [0.25, 0.3) is 0 Å². The molecular formula is C19H24F2N4S. The molecule has 1 aliphatic rings. The molecule has 0 bridgehead atoms. The van der Waals surface area contributed by atoms with Crippen molar-refractivity contribution in [1.29, 1.82) is 0 Å². The van der Waals surface area contributed by atoms with Gasteiger partial charge in [0.15, 0.2) is 17.6 Å². The molecule has 1 aromatic heterocycles. The molecule has 2 N–H and O–H groups in total. The van der Waals surface area contributed by atoms with Crippen molar-refractivity contribution in [2.75, 3.05) is 31.1 Å². The summed E-state index contributed by atoms with van der Waals surface area (Å²) < 4.78 is 26.5. The van der Waals surface area contributed by atoms with Crippen LogP contribution < -0.4 is 15.5 Å². The van der Waals surface area contributed by atoms with Crippen molar-refractivity contribution in [3.8, 4) is 0 Å². The molecular weight excluding hydrogens is 354 g/mol. The highest BCUT2D eigenvalue weighted by atomic mass is 32.1. The maximum Gasteiger partial charge on any atom is 0.191 e. The Balaban J connectivity index is 1.52. The van der Waals surface area contributed by atoms with E-state index < -0.39 is 11.6 Å². The van der Waals surface area contributed by atoms with Gasteiger partial charge in [0.05, 0.1) is 6.54 Å². The molecule has 0 amide bonds. The minimum absolute atomic E-state index is 0.438. The second-order valence-electron chi connectivity index (χ2n) is 6.41. The van der Waals surface area contributed by atoms with Crippen molar-refractivity contribution in [1.82, 2.24) is 10.6 Å². The van der Waals surface area contributed by atoms with Gasteiger partial charge in [-0.2, -0.15) is 11.3 Å². The van der Waals surface area contributed by atoms with Crippen molar-refractivity contribution in [2.24, 2.45) is 10.9 Å². The Morgan fingerprint density at radius 1 is 1.27 bits per heavy atom. The van der Waals surface area contributed by atoms with Crippen LogP contribution in [0.15, 0.2) is 40.0 Å². The Kier molecular flexibility index (Phi) is 6.44. The van der Waals surface area contributed by atoms with Gasteiger partial charge in [0.25, 0.3) is 0 Å². The van der Waals surface area contributed by atoms with Gasteiger partial charge in [-0.15, -0.1) is 0 Å². The third-order valence-corrected chi connectivity index (χ3v) is 5.19. The van der Waals surface area contributed by atoms with Gasteiger partial charge in [-0.1, -0.05) is 0 Å². The SMILES string of the molecule is CCNC(=NCc1ccsc1)NCC1CCN(c2ccc(F)c(F)c2)C1. The molecule has 0 aliphatic carbocycles. The summed E-state index contributed by atoms with van der Waals surface area (Å²) in [5.41, 5.74) is 1.95. The van der Waals surface area contributed by atoms with Crippen LogP contribution in [0.1, 0.15) is 18.9 Å². The first-order chi connectivity index (χ1) is 12.7. The molecule has 1 unspecified atom stereocenters. The Bertz CT molecular complexity index is 733. The van der Waals surface area contributed by atoms with Crippen molar-refractivity contribution in [3.63, 3.8) is 0 Å². The number of nitrogens with zero attached hydrogens (tertiary/aromatic N) is 2. The summed E-state index contributed by atoms with van der Waals surface area (Å²) in [5, 5.41) is 10.8. The van der Waals surface area contributed by atoms with Crippen LogP contribution in [-0.2, 0) is 6.54 Å². The number of hydrogen-bond donors (Lipinski definition) is 2. The Morgan fingerprint density at radius 2 is 2.15 bits per heavy atom. The van der Waals surface area contributed by atoms with E-state index in [1.54, 1.807) is 17.4 Å². The summed E-state index contributed by atoms with van der Waals surface area (Å²) in [6.07, 6.45) is 1.01. The summed E-state index contributed by atoms with van der Waals surface area (Å²) in [6.45, 7) is 5.98. The maximum atomic E-state index is 13.4. The van der Waals surface area contributed by atoms with Crippen molar-refractivity contribution >= 4 is 23.0 Å². The second-order valence-corrected chi connectivity index (χ2v) is 7.19. The highest BCUT2D eigenvalue weighted by molar-refractivity contribution is 7.07. The summed E-state index contributed by atoms with van der Waals surface area (Å²) in [5.74, 6) is -0.347. The molecule has 1 fully saturated rings. The van der Waals surface area contributed by atoms with Gasteiger partial charge in [0, 0.05) is 37.9 Å².